The minimum atomic E-state index is -0.202. The van der Waals surface area contributed by atoms with Gasteiger partial charge in [0.25, 0.3) is 0 Å². The van der Waals surface area contributed by atoms with Gasteiger partial charge in [0.15, 0.2) is 0 Å². The third kappa shape index (κ3) is 2.57. The van der Waals surface area contributed by atoms with Crippen molar-refractivity contribution in [1.29, 1.82) is 0 Å². The molecule has 3 aromatic rings. The number of furan rings is 1. The van der Waals surface area contributed by atoms with Crippen LogP contribution in [0, 0.1) is 6.92 Å². The molecule has 1 aromatic carbocycles. The van der Waals surface area contributed by atoms with Crippen molar-refractivity contribution in [1.82, 2.24) is 15.2 Å². The standard InChI is InChI=1S/C16H20N4O/c1-3-8-20-13(6-7-18-20)16(19-17)15-10-12-9-11(2)4-5-14(12)21-15/h4-7,9-10,16,19H,3,8,17H2,1-2H3. The molecule has 3 rings (SSSR count). The lowest BCUT2D eigenvalue weighted by atomic mass is 10.1. The Bertz CT molecular complexity index is 744. The molecule has 0 spiro atoms. The van der Waals surface area contributed by atoms with Crippen molar-refractivity contribution < 1.29 is 4.42 Å². The molecule has 5 nitrogen and oxygen atoms in total. The second kappa shape index (κ2) is 5.71. The van der Waals surface area contributed by atoms with Crippen LogP contribution >= 0.6 is 0 Å². The third-order valence-electron chi connectivity index (χ3n) is 3.62. The number of rotatable bonds is 5. The van der Waals surface area contributed by atoms with E-state index in [-0.39, 0.29) is 6.04 Å². The maximum Gasteiger partial charge on any atom is 0.134 e. The van der Waals surface area contributed by atoms with E-state index >= 15 is 0 Å². The van der Waals surface area contributed by atoms with Gasteiger partial charge in [-0.3, -0.25) is 10.5 Å². The molecule has 2 heterocycles. The maximum atomic E-state index is 5.95. The summed E-state index contributed by atoms with van der Waals surface area (Å²) in [5, 5.41) is 5.44. The fourth-order valence-electron chi connectivity index (χ4n) is 2.63. The molecule has 0 aliphatic carbocycles. The highest BCUT2D eigenvalue weighted by Crippen LogP contribution is 2.28. The highest BCUT2D eigenvalue weighted by atomic mass is 16.3. The smallest absolute Gasteiger partial charge is 0.134 e. The van der Waals surface area contributed by atoms with Gasteiger partial charge in [0.2, 0.25) is 0 Å². The van der Waals surface area contributed by atoms with Gasteiger partial charge in [-0.2, -0.15) is 5.10 Å². The van der Waals surface area contributed by atoms with Crippen LogP contribution < -0.4 is 11.3 Å². The second-order valence-corrected chi connectivity index (χ2v) is 5.27. The van der Waals surface area contributed by atoms with E-state index in [4.69, 9.17) is 10.3 Å². The van der Waals surface area contributed by atoms with Gasteiger partial charge in [0, 0.05) is 18.1 Å². The Kier molecular flexibility index (Phi) is 3.77. The molecule has 0 fully saturated rings. The quantitative estimate of drug-likeness (QED) is 0.558. The summed E-state index contributed by atoms with van der Waals surface area (Å²) >= 11 is 0. The molecule has 5 heteroatoms. The van der Waals surface area contributed by atoms with Crippen LogP contribution in [0.1, 0.15) is 36.4 Å². The Balaban J connectivity index is 2.03. The summed E-state index contributed by atoms with van der Waals surface area (Å²) in [4.78, 5) is 0. The average Bonchev–Trinajstić information content (AvgIpc) is 3.07. The first kappa shape index (κ1) is 13.9. The van der Waals surface area contributed by atoms with Crippen molar-refractivity contribution in [3.8, 4) is 0 Å². The summed E-state index contributed by atoms with van der Waals surface area (Å²) in [5.74, 6) is 6.56. The second-order valence-electron chi connectivity index (χ2n) is 5.27. The molecule has 21 heavy (non-hydrogen) atoms. The Morgan fingerprint density at radius 2 is 2.19 bits per heavy atom. The van der Waals surface area contributed by atoms with E-state index in [1.807, 2.05) is 28.9 Å². The van der Waals surface area contributed by atoms with Gasteiger partial charge in [0.05, 0.1) is 5.69 Å². The molecule has 0 bridgehead atoms. The van der Waals surface area contributed by atoms with Crippen LogP contribution in [-0.2, 0) is 6.54 Å². The van der Waals surface area contributed by atoms with E-state index in [2.05, 4.69) is 30.4 Å². The maximum absolute atomic E-state index is 5.95. The predicted molar refractivity (Wildman–Crippen MR) is 82.6 cm³/mol. The lowest BCUT2D eigenvalue weighted by Gasteiger charge is -2.15. The van der Waals surface area contributed by atoms with E-state index < -0.39 is 0 Å². The first-order chi connectivity index (χ1) is 10.2. The monoisotopic (exact) mass is 284 g/mol. The van der Waals surface area contributed by atoms with Crippen LogP contribution in [0.4, 0.5) is 0 Å². The van der Waals surface area contributed by atoms with Crippen molar-refractivity contribution in [2.75, 3.05) is 0 Å². The SMILES string of the molecule is CCCn1nccc1C(NN)c1cc2cc(C)ccc2o1. The van der Waals surface area contributed by atoms with Gasteiger partial charge in [-0.1, -0.05) is 18.6 Å². The van der Waals surface area contributed by atoms with Crippen molar-refractivity contribution in [2.24, 2.45) is 5.84 Å². The lowest BCUT2D eigenvalue weighted by Crippen LogP contribution is -2.30. The third-order valence-corrected chi connectivity index (χ3v) is 3.62. The van der Waals surface area contributed by atoms with Gasteiger partial charge in [-0.05, 0) is 37.6 Å². The van der Waals surface area contributed by atoms with Crippen LogP contribution in [0.25, 0.3) is 11.0 Å². The van der Waals surface area contributed by atoms with Crippen molar-refractivity contribution >= 4 is 11.0 Å². The summed E-state index contributed by atoms with van der Waals surface area (Å²) < 4.78 is 7.91. The summed E-state index contributed by atoms with van der Waals surface area (Å²) in [6.45, 7) is 5.06. The molecule has 1 unspecified atom stereocenters. The van der Waals surface area contributed by atoms with Crippen LogP contribution in [-0.4, -0.2) is 9.78 Å². The molecule has 0 amide bonds. The number of nitrogens with one attached hydrogen (secondary N) is 1. The molecule has 0 aliphatic rings. The van der Waals surface area contributed by atoms with E-state index in [0.29, 0.717) is 0 Å². The van der Waals surface area contributed by atoms with E-state index in [1.165, 1.54) is 5.56 Å². The highest BCUT2D eigenvalue weighted by molar-refractivity contribution is 5.78. The van der Waals surface area contributed by atoms with Gasteiger partial charge in [-0.15, -0.1) is 0 Å². The number of aromatic nitrogens is 2. The van der Waals surface area contributed by atoms with Crippen molar-refractivity contribution in [3.05, 3.63) is 53.5 Å². The van der Waals surface area contributed by atoms with Gasteiger partial charge >= 0.3 is 0 Å². The Labute approximate surface area is 123 Å². The zero-order valence-electron chi connectivity index (χ0n) is 12.3. The Morgan fingerprint density at radius 3 is 2.95 bits per heavy atom. The fraction of sp³-hybridized carbons (Fsp3) is 0.312. The Hall–Kier alpha value is -2.11. The molecule has 0 radical (unpaired) electrons. The molecule has 0 saturated heterocycles. The van der Waals surface area contributed by atoms with Crippen LogP contribution in [0.3, 0.4) is 0 Å². The number of nitrogens with zero attached hydrogens (tertiary/aromatic N) is 2. The number of nitrogens with two attached hydrogens (primary N) is 1. The summed E-state index contributed by atoms with van der Waals surface area (Å²) in [5.41, 5.74) is 5.93. The summed E-state index contributed by atoms with van der Waals surface area (Å²) in [6.07, 6.45) is 2.81. The van der Waals surface area contributed by atoms with Crippen molar-refractivity contribution in [2.45, 2.75) is 32.9 Å². The van der Waals surface area contributed by atoms with Gasteiger partial charge in [-0.25, -0.2) is 5.43 Å². The molecule has 2 aromatic heterocycles. The van der Waals surface area contributed by atoms with Gasteiger partial charge in [0.1, 0.15) is 17.4 Å². The van der Waals surface area contributed by atoms with Crippen LogP contribution in [0.5, 0.6) is 0 Å². The minimum Gasteiger partial charge on any atom is -0.459 e. The largest absolute Gasteiger partial charge is 0.459 e. The fourth-order valence-corrected chi connectivity index (χ4v) is 2.63. The highest BCUT2D eigenvalue weighted by Gasteiger charge is 2.20. The van der Waals surface area contributed by atoms with E-state index in [9.17, 15) is 0 Å². The first-order valence-corrected chi connectivity index (χ1v) is 7.21. The molecule has 1 atom stereocenters. The molecule has 3 N–H and O–H groups in total. The van der Waals surface area contributed by atoms with E-state index in [1.54, 1.807) is 6.20 Å². The normalized spacial score (nSPS) is 12.9. The van der Waals surface area contributed by atoms with Crippen molar-refractivity contribution in [3.63, 3.8) is 0 Å². The van der Waals surface area contributed by atoms with E-state index in [0.717, 1.165) is 35.4 Å². The molecular formula is C16H20N4O. The lowest BCUT2D eigenvalue weighted by molar-refractivity contribution is 0.446. The zero-order chi connectivity index (χ0) is 14.8. The minimum absolute atomic E-state index is 0.202. The zero-order valence-corrected chi connectivity index (χ0v) is 12.3. The number of fused-ring (bicyclic) bond motifs is 1. The molecular weight excluding hydrogens is 264 g/mol. The van der Waals surface area contributed by atoms with Crippen LogP contribution in [0.15, 0.2) is 40.9 Å². The number of hydrogen-bond donors (Lipinski definition) is 2. The number of aryl methyl sites for hydroxylation is 2. The number of hydrazine groups is 1. The average molecular weight is 284 g/mol. The number of benzene rings is 1. The Morgan fingerprint density at radius 1 is 1.33 bits per heavy atom. The molecule has 110 valence electrons. The summed E-state index contributed by atoms with van der Waals surface area (Å²) in [7, 11) is 0. The first-order valence-electron chi connectivity index (χ1n) is 7.21. The van der Waals surface area contributed by atoms with Crippen LogP contribution in [0.2, 0.25) is 0 Å². The molecule has 0 aliphatic heterocycles. The summed E-state index contributed by atoms with van der Waals surface area (Å²) in [6, 6.07) is 9.95. The topological polar surface area (TPSA) is 69.0 Å². The predicted octanol–water partition coefficient (Wildman–Crippen LogP) is 2.90. The molecule has 0 saturated carbocycles. The van der Waals surface area contributed by atoms with Gasteiger partial charge < -0.3 is 4.42 Å². The number of hydrogen-bond acceptors (Lipinski definition) is 4.